The quantitative estimate of drug-likeness (QED) is 0.725. The molecule has 1 nitrogen and oxygen atoms in total. The fourth-order valence-electron chi connectivity index (χ4n) is 1.65. The number of unbranched alkanes of at least 4 members (excludes halogenated alkanes) is 1. The van der Waals surface area contributed by atoms with E-state index in [2.05, 4.69) is 18.5 Å². The van der Waals surface area contributed by atoms with Gasteiger partial charge in [-0.2, -0.15) is 11.8 Å². The molecule has 0 saturated heterocycles. The number of rotatable bonds is 7. The van der Waals surface area contributed by atoms with Crippen LogP contribution in [0.15, 0.2) is 18.2 Å². The second-order valence-electron chi connectivity index (χ2n) is 4.04. The highest BCUT2D eigenvalue weighted by molar-refractivity contribution is 7.98. The Balaban J connectivity index is 2.38. The summed E-state index contributed by atoms with van der Waals surface area (Å²) in [6.45, 7) is 3.16. The standard InChI is InChI=1S/C13H19Cl2NS/c1-10(16-7-3-4-8-17-2)12-6-5-11(14)9-13(12)15/h5-6,9-10,16H,3-4,7-8H2,1-2H3. The van der Waals surface area contributed by atoms with Gasteiger partial charge in [-0.05, 0) is 56.0 Å². The van der Waals surface area contributed by atoms with Crippen molar-refractivity contribution in [1.82, 2.24) is 5.32 Å². The maximum absolute atomic E-state index is 6.16. The van der Waals surface area contributed by atoms with E-state index in [1.165, 1.54) is 18.6 Å². The summed E-state index contributed by atoms with van der Waals surface area (Å²) in [6.07, 6.45) is 4.61. The molecule has 0 aliphatic heterocycles. The van der Waals surface area contributed by atoms with Crippen molar-refractivity contribution in [2.24, 2.45) is 0 Å². The van der Waals surface area contributed by atoms with Crippen LogP contribution in [0.4, 0.5) is 0 Å². The van der Waals surface area contributed by atoms with E-state index in [1.807, 2.05) is 23.9 Å². The van der Waals surface area contributed by atoms with Crippen molar-refractivity contribution in [3.8, 4) is 0 Å². The molecule has 0 aromatic heterocycles. The van der Waals surface area contributed by atoms with Crippen LogP contribution in [0.2, 0.25) is 10.0 Å². The van der Waals surface area contributed by atoms with Gasteiger partial charge in [-0.25, -0.2) is 0 Å². The van der Waals surface area contributed by atoms with Crippen LogP contribution < -0.4 is 5.32 Å². The normalized spacial score (nSPS) is 12.7. The van der Waals surface area contributed by atoms with Crippen molar-refractivity contribution < 1.29 is 0 Å². The lowest BCUT2D eigenvalue weighted by Crippen LogP contribution is -2.20. The van der Waals surface area contributed by atoms with Crippen LogP contribution in [0.1, 0.15) is 31.4 Å². The molecular formula is C13H19Cl2NS. The SMILES string of the molecule is CSCCCCNC(C)c1ccc(Cl)cc1Cl. The van der Waals surface area contributed by atoms with Crippen molar-refractivity contribution >= 4 is 35.0 Å². The molecule has 0 fully saturated rings. The fourth-order valence-corrected chi connectivity index (χ4v) is 2.72. The molecule has 17 heavy (non-hydrogen) atoms. The second-order valence-corrected chi connectivity index (χ2v) is 5.87. The Morgan fingerprint density at radius 3 is 2.71 bits per heavy atom. The predicted molar refractivity (Wildman–Crippen MR) is 80.5 cm³/mol. The number of nitrogens with one attached hydrogen (secondary N) is 1. The van der Waals surface area contributed by atoms with Crippen LogP contribution in [0.5, 0.6) is 0 Å². The fraction of sp³-hybridized carbons (Fsp3) is 0.538. The van der Waals surface area contributed by atoms with E-state index in [9.17, 15) is 0 Å². The van der Waals surface area contributed by atoms with Crippen molar-refractivity contribution in [2.45, 2.75) is 25.8 Å². The van der Waals surface area contributed by atoms with Gasteiger partial charge in [-0.1, -0.05) is 29.3 Å². The van der Waals surface area contributed by atoms with E-state index in [0.717, 1.165) is 17.1 Å². The summed E-state index contributed by atoms with van der Waals surface area (Å²) in [5, 5.41) is 4.90. The summed E-state index contributed by atoms with van der Waals surface area (Å²) >= 11 is 13.9. The smallest absolute Gasteiger partial charge is 0.0468 e. The number of benzene rings is 1. The largest absolute Gasteiger partial charge is 0.310 e. The zero-order chi connectivity index (χ0) is 12.7. The number of halogens is 2. The topological polar surface area (TPSA) is 12.0 Å². The third-order valence-electron chi connectivity index (χ3n) is 2.65. The average molecular weight is 292 g/mol. The molecule has 1 rings (SSSR count). The van der Waals surface area contributed by atoms with Gasteiger partial charge in [0, 0.05) is 16.1 Å². The van der Waals surface area contributed by atoms with Gasteiger partial charge in [0.25, 0.3) is 0 Å². The first-order valence-corrected chi connectivity index (χ1v) is 7.97. The predicted octanol–water partition coefficient (Wildman–Crippen LogP) is 4.79. The summed E-state index contributed by atoms with van der Waals surface area (Å²) in [5.74, 6) is 1.23. The highest BCUT2D eigenvalue weighted by Crippen LogP contribution is 2.25. The van der Waals surface area contributed by atoms with Crippen LogP contribution in [0, 0.1) is 0 Å². The van der Waals surface area contributed by atoms with E-state index >= 15 is 0 Å². The zero-order valence-corrected chi connectivity index (χ0v) is 12.6. The van der Waals surface area contributed by atoms with Gasteiger partial charge in [-0.15, -0.1) is 0 Å². The lowest BCUT2D eigenvalue weighted by molar-refractivity contribution is 0.556. The third-order valence-corrected chi connectivity index (χ3v) is 3.91. The molecule has 1 aromatic carbocycles. The van der Waals surface area contributed by atoms with Gasteiger partial charge in [0.1, 0.15) is 0 Å². The Hall–Kier alpha value is 0.110. The van der Waals surface area contributed by atoms with Gasteiger partial charge in [0.05, 0.1) is 0 Å². The molecule has 4 heteroatoms. The van der Waals surface area contributed by atoms with Gasteiger partial charge >= 0.3 is 0 Å². The van der Waals surface area contributed by atoms with Gasteiger partial charge in [-0.3, -0.25) is 0 Å². The van der Waals surface area contributed by atoms with E-state index in [-0.39, 0.29) is 6.04 Å². The number of thioether (sulfide) groups is 1. The molecule has 0 radical (unpaired) electrons. The maximum atomic E-state index is 6.16. The highest BCUT2D eigenvalue weighted by Gasteiger charge is 2.08. The average Bonchev–Trinajstić information content (AvgIpc) is 2.28. The van der Waals surface area contributed by atoms with E-state index in [0.29, 0.717) is 5.02 Å². The first kappa shape index (κ1) is 15.2. The maximum Gasteiger partial charge on any atom is 0.0468 e. The van der Waals surface area contributed by atoms with E-state index in [1.54, 1.807) is 6.07 Å². The molecule has 0 bridgehead atoms. The van der Waals surface area contributed by atoms with Crippen molar-refractivity contribution in [1.29, 1.82) is 0 Å². The van der Waals surface area contributed by atoms with Crippen LogP contribution in [0.3, 0.4) is 0 Å². The molecule has 96 valence electrons. The van der Waals surface area contributed by atoms with Crippen molar-refractivity contribution in [3.63, 3.8) is 0 Å². The van der Waals surface area contributed by atoms with E-state index < -0.39 is 0 Å². The Kier molecular flexibility index (Phi) is 7.36. The lowest BCUT2D eigenvalue weighted by atomic mass is 10.1. The summed E-state index contributed by atoms with van der Waals surface area (Å²) < 4.78 is 0. The van der Waals surface area contributed by atoms with Crippen LogP contribution >= 0.6 is 35.0 Å². The Bertz CT molecular complexity index is 344. The van der Waals surface area contributed by atoms with Gasteiger partial charge < -0.3 is 5.32 Å². The number of hydrogen-bond acceptors (Lipinski definition) is 2. The van der Waals surface area contributed by atoms with Gasteiger partial charge in [0.2, 0.25) is 0 Å². The molecule has 0 aliphatic rings. The molecule has 1 N–H and O–H groups in total. The Morgan fingerprint density at radius 1 is 1.29 bits per heavy atom. The zero-order valence-electron chi connectivity index (χ0n) is 10.3. The summed E-state index contributed by atoms with van der Waals surface area (Å²) in [4.78, 5) is 0. The molecule has 0 amide bonds. The van der Waals surface area contributed by atoms with Crippen LogP contribution in [-0.2, 0) is 0 Å². The molecule has 0 heterocycles. The summed E-state index contributed by atoms with van der Waals surface area (Å²) in [6, 6.07) is 5.94. The molecular weight excluding hydrogens is 273 g/mol. The molecule has 0 aliphatic carbocycles. The minimum absolute atomic E-state index is 0.272. The molecule has 1 atom stereocenters. The second kappa shape index (κ2) is 8.25. The Morgan fingerprint density at radius 2 is 2.06 bits per heavy atom. The number of hydrogen-bond donors (Lipinski definition) is 1. The molecule has 1 unspecified atom stereocenters. The van der Waals surface area contributed by atoms with E-state index in [4.69, 9.17) is 23.2 Å². The minimum Gasteiger partial charge on any atom is -0.310 e. The Labute approximate surface area is 118 Å². The van der Waals surface area contributed by atoms with Gasteiger partial charge in [0.15, 0.2) is 0 Å². The van der Waals surface area contributed by atoms with Crippen molar-refractivity contribution in [2.75, 3.05) is 18.6 Å². The summed E-state index contributed by atoms with van der Waals surface area (Å²) in [7, 11) is 0. The minimum atomic E-state index is 0.272. The van der Waals surface area contributed by atoms with Crippen molar-refractivity contribution in [3.05, 3.63) is 33.8 Å². The highest BCUT2D eigenvalue weighted by atomic mass is 35.5. The first-order chi connectivity index (χ1) is 8.15. The van der Waals surface area contributed by atoms with Crippen LogP contribution in [-0.4, -0.2) is 18.6 Å². The summed E-state index contributed by atoms with van der Waals surface area (Å²) in [5.41, 5.74) is 1.11. The molecule has 0 saturated carbocycles. The molecule has 0 spiro atoms. The van der Waals surface area contributed by atoms with Crippen LogP contribution in [0.25, 0.3) is 0 Å². The lowest BCUT2D eigenvalue weighted by Gasteiger charge is -2.15. The third kappa shape index (κ3) is 5.52. The first-order valence-electron chi connectivity index (χ1n) is 5.82. The molecule has 1 aromatic rings. The monoisotopic (exact) mass is 291 g/mol.